The molecule has 0 fully saturated rings. The number of rotatable bonds is 8. The van der Waals surface area contributed by atoms with E-state index in [9.17, 15) is 13.3 Å². The largest absolute Gasteiger partial charge is 0.705 e. The molecule has 0 radical (unpaired) electrons. The summed E-state index contributed by atoms with van der Waals surface area (Å²) < 4.78 is 50.5. The van der Waals surface area contributed by atoms with E-state index in [0.29, 0.717) is 0 Å². The summed E-state index contributed by atoms with van der Waals surface area (Å²) in [5.74, 6) is -5.66. The van der Waals surface area contributed by atoms with Crippen LogP contribution in [-0.4, -0.2) is 30.4 Å². The molecule has 120 valence electrons. The average Bonchev–Trinajstić information content (AvgIpc) is 3.19. The second-order valence-electron chi connectivity index (χ2n) is 4.24. The van der Waals surface area contributed by atoms with Gasteiger partial charge in [-0.1, -0.05) is 22.9 Å². The molecule has 0 bridgehead atoms. The Labute approximate surface area is 124 Å². The molecule has 0 aromatic carbocycles. The number of aromatic nitrogens is 6. The van der Waals surface area contributed by atoms with Crippen molar-refractivity contribution in [1.29, 1.82) is 0 Å². The Bertz CT molecular complexity index is 560. The van der Waals surface area contributed by atoms with E-state index in [-0.39, 0.29) is 24.5 Å². The highest BCUT2D eigenvalue weighted by molar-refractivity contribution is 7.33. The topological polar surface area (TPSA) is 119 Å². The third-order valence-electron chi connectivity index (χ3n) is 2.89. The van der Waals surface area contributed by atoms with Crippen LogP contribution in [0.15, 0.2) is 12.7 Å². The molecule has 2 aromatic rings. The van der Waals surface area contributed by atoms with Crippen LogP contribution in [0, 0.1) is 0 Å². The molecule has 2 heterocycles. The number of halogens is 2. The molecule has 0 saturated heterocycles. The molecule has 12 heteroatoms. The molecule has 9 nitrogen and oxygen atoms in total. The predicted molar refractivity (Wildman–Crippen MR) is 68.7 cm³/mol. The number of hydrogen-bond donors (Lipinski definition) is 2. The molecule has 0 aliphatic rings. The van der Waals surface area contributed by atoms with Crippen molar-refractivity contribution in [1.82, 2.24) is 30.4 Å². The molecule has 2 unspecified atom stereocenters. The Balaban J connectivity index is 2.12. The van der Waals surface area contributed by atoms with E-state index in [1.807, 2.05) is 0 Å². The van der Waals surface area contributed by atoms with Crippen molar-refractivity contribution in [3.8, 4) is 0 Å². The monoisotopic (exact) mass is 335 g/mol. The van der Waals surface area contributed by atoms with Gasteiger partial charge in [0, 0.05) is 17.4 Å². The minimum absolute atomic E-state index is 0.236. The van der Waals surface area contributed by atoms with Gasteiger partial charge in [-0.3, -0.25) is 10.2 Å². The lowest BCUT2D eigenvalue weighted by Crippen LogP contribution is -2.26. The lowest BCUT2D eigenvalue weighted by molar-refractivity contribution is -0.123. The van der Waals surface area contributed by atoms with Gasteiger partial charge in [0.05, 0.1) is 0 Å². The van der Waals surface area contributed by atoms with Crippen LogP contribution < -0.4 is 0 Å². The molecule has 2 rings (SSSR count). The molecule has 22 heavy (non-hydrogen) atoms. The van der Waals surface area contributed by atoms with Gasteiger partial charge in [-0.2, -0.15) is 19.0 Å². The minimum atomic E-state index is -3.15. The molecular weight excluding hydrogens is 321 g/mol. The van der Waals surface area contributed by atoms with Crippen molar-refractivity contribution in [2.24, 2.45) is 0 Å². The number of alkyl halides is 2. The number of nitrogens with zero attached hydrogens (tertiary/aromatic N) is 4. The number of hydrogen-bond acceptors (Lipinski definition) is 7. The van der Waals surface area contributed by atoms with Gasteiger partial charge in [-0.25, -0.2) is 9.97 Å². The molecule has 2 atom stereocenters. The fourth-order valence-electron chi connectivity index (χ4n) is 1.58. The summed E-state index contributed by atoms with van der Waals surface area (Å²) in [7, 11) is -3.15. The molecule has 2 aromatic heterocycles. The summed E-state index contributed by atoms with van der Waals surface area (Å²) in [6, 6.07) is 0. The Morgan fingerprint density at radius 3 is 1.73 bits per heavy atom. The normalized spacial score (nSPS) is 17.7. The zero-order valence-corrected chi connectivity index (χ0v) is 12.7. The van der Waals surface area contributed by atoms with Crippen LogP contribution >= 0.6 is 8.25 Å². The molecular formula is C10H14F2N6O3P+. The second kappa shape index (κ2) is 6.51. The Morgan fingerprint density at radius 2 is 1.45 bits per heavy atom. The summed E-state index contributed by atoms with van der Waals surface area (Å²) in [6.45, 7) is 2.87. The van der Waals surface area contributed by atoms with E-state index < -0.39 is 20.0 Å². The number of nitrogens with one attached hydrogen (secondary N) is 2. The average molecular weight is 335 g/mol. The van der Waals surface area contributed by atoms with Crippen molar-refractivity contribution in [3.05, 3.63) is 24.3 Å². The molecule has 0 saturated carbocycles. The van der Waals surface area contributed by atoms with Crippen LogP contribution in [0.4, 0.5) is 8.78 Å². The lowest BCUT2D eigenvalue weighted by Gasteiger charge is -2.16. The van der Waals surface area contributed by atoms with Gasteiger partial charge >= 0.3 is 20.0 Å². The Hall–Kier alpha value is -1.84. The predicted octanol–water partition coefficient (Wildman–Crippen LogP) is 2.38. The standard InChI is InChI=1S/C10H14F2N6O3P/c1-3-9(11,7-13-5-15-17-7)20-22(19)21-10(12,4-2)8-14-6-16-18-8/h5-6H,3-4H2,1-2H3,(H,13,15,17)(H,14,16,18)/q+1. The smallest absolute Gasteiger partial charge is 0.258 e. The van der Waals surface area contributed by atoms with Crippen LogP contribution in [0.2, 0.25) is 0 Å². The number of aromatic amines is 2. The highest BCUT2D eigenvalue weighted by atomic mass is 31.1. The van der Waals surface area contributed by atoms with E-state index in [1.54, 1.807) is 0 Å². The highest BCUT2D eigenvalue weighted by Crippen LogP contribution is 2.45. The fourth-order valence-corrected chi connectivity index (χ4v) is 2.52. The van der Waals surface area contributed by atoms with E-state index in [2.05, 4.69) is 30.4 Å². The Morgan fingerprint density at radius 1 is 1.05 bits per heavy atom. The van der Waals surface area contributed by atoms with Gasteiger partial charge in [-0.15, -0.1) is 0 Å². The van der Waals surface area contributed by atoms with Crippen molar-refractivity contribution in [3.63, 3.8) is 0 Å². The summed E-state index contributed by atoms with van der Waals surface area (Å²) in [5, 5.41) is 11.5. The first-order valence-electron chi connectivity index (χ1n) is 6.38. The van der Waals surface area contributed by atoms with Crippen LogP contribution in [0.1, 0.15) is 38.3 Å². The van der Waals surface area contributed by atoms with Crippen LogP contribution in [-0.2, 0) is 25.3 Å². The summed E-state index contributed by atoms with van der Waals surface area (Å²) in [5.41, 5.74) is 0. The van der Waals surface area contributed by atoms with Crippen LogP contribution in [0.3, 0.4) is 0 Å². The van der Waals surface area contributed by atoms with E-state index >= 15 is 0 Å². The maximum atomic E-state index is 14.6. The SMILES string of the molecule is CCC(F)(O[P+](=O)OC(F)(CC)c1ncn[nH]1)c1ncn[nH]1. The molecule has 0 amide bonds. The number of H-pyrrole nitrogens is 2. The van der Waals surface area contributed by atoms with Gasteiger partial charge in [0.2, 0.25) is 0 Å². The zero-order valence-electron chi connectivity index (χ0n) is 11.8. The first-order valence-corrected chi connectivity index (χ1v) is 7.48. The third-order valence-corrected chi connectivity index (χ3v) is 3.76. The zero-order chi connectivity index (χ0) is 16.2. The van der Waals surface area contributed by atoms with Crippen LogP contribution in [0.25, 0.3) is 0 Å². The molecule has 0 aliphatic heterocycles. The summed E-state index contributed by atoms with van der Waals surface area (Å²) in [6.07, 6.45) is 1.66. The lowest BCUT2D eigenvalue weighted by atomic mass is 10.2. The van der Waals surface area contributed by atoms with Gasteiger partial charge in [0.25, 0.3) is 0 Å². The third kappa shape index (κ3) is 3.32. The first-order chi connectivity index (χ1) is 10.4. The Kier molecular flexibility index (Phi) is 4.89. The van der Waals surface area contributed by atoms with Crippen molar-refractivity contribution in [2.45, 2.75) is 38.4 Å². The first kappa shape index (κ1) is 16.5. The molecule has 0 spiro atoms. The van der Waals surface area contributed by atoms with Gasteiger partial charge < -0.3 is 0 Å². The summed E-state index contributed by atoms with van der Waals surface area (Å²) >= 11 is 0. The highest BCUT2D eigenvalue weighted by Gasteiger charge is 2.51. The second-order valence-corrected chi connectivity index (χ2v) is 5.05. The van der Waals surface area contributed by atoms with Gasteiger partial charge in [-0.05, 0) is 0 Å². The molecule has 0 aliphatic carbocycles. The van der Waals surface area contributed by atoms with Crippen molar-refractivity contribution in [2.75, 3.05) is 0 Å². The van der Waals surface area contributed by atoms with E-state index in [4.69, 9.17) is 9.05 Å². The van der Waals surface area contributed by atoms with Crippen molar-refractivity contribution >= 4 is 8.25 Å². The fraction of sp³-hybridized carbons (Fsp3) is 0.600. The van der Waals surface area contributed by atoms with Gasteiger partial charge in [0.1, 0.15) is 12.7 Å². The maximum Gasteiger partial charge on any atom is 0.705 e. The minimum Gasteiger partial charge on any atom is -0.258 e. The maximum absolute atomic E-state index is 14.6. The summed E-state index contributed by atoms with van der Waals surface area (Å²) in [4.78, 5) is 7.21. The van der Waals surface area contributed by atoms with E-state index in [1.165, 1.54) is 13.8 Å². The van der Waals surface area contributed by atoms with E-state index in [0.717, 1.165) is 12.7 Å². The quantitative estimate of drug-likeness (QED) is 0.711. The van der Waals surface area contributed by atoms with Crippen LogP contribution in [0.5, 0.6) is 0 Å². The van der Waals surface area contributed by atoms with Gasteiger partial charge in [0.15, 0.2) is 11.6 Å². The molecule has 2 N–H and O–H groups in total. The van der Waals surface area contributed by atoms with Crippen molar-refractivity contribution < 1.29 is 22.4 Å².